The van der Waals surface area contributed by atoms with E-state index < -0.39 is 23.3 Å². The molecule has 2 aromatic carbocycles. The quantitative estimate of drug-likeness (QED) is 0.514. The molecule has 0 spiro atoms. The molecule has 1 aliphatic carbocycles. The molecule has 0 aromatic heterocycles. The van der Waals surface area contributed by atoms with Crippen molar-refractivity contribution in [3.8, 4) is 0 Å². The summed E-state index contributed by atoms with van der Waals surface area (Å²) in [6, 6.07) is 17.8. The Bertz CT molecular complexity index is 922. The van der Waals surface area contributed by atoms with Crippen molar-refractivity contribution in [2.24, 2.45) is 11.3 Å². The molecule has 0 saturated carbocycles. The van der Waals surface area contributed by atoms with E-state index in [0.29, 0.717) is 0 Å². The van der Waals surface area contributed by atoms with Crippen molar-refractivity contribution in [3.63, 3.8) is 0 Å². The van der Waals surface area contributed by atoms with E-state index in [1.807, 2.05) is 72.8 Å². The molecule has 2 aromatic rings. The SMILES string of the molecule is CCOC(=O)C(C)(C(=O)OCC)C1C=Cc2ccccc2/C1=C/c1ccccc1. The van der Waals surface area contributed by atoms with Crippen molar-refractivity contribution in [3.05, 3.63) is 77.4 Å². The van der Waals surface area contributed by atoms with E-state index in [4.69, 9.17) is 9.47 Å². The molecule has 4 nitrogen and oxygen atoms in total. The predicted molar refractivity (Wildman–Crippen MR) is 115 cm³/mol. The minimum absolute atomic E-state index is 0.193. The highest BCUT2D eigenvalue weighted by Crippen LogP contribution is 2.45. The first kappa shape index (κ1) is 20.6. The average Bonchev–Trinajstić information content (AvgIpc) is 2.74. The molecule has 0 heterocycles. The minimum Gasteiger partial charge on any atom is -0.465 e. The Balaban J connectivity index is 2.19. The molecule has 0 saturated heterocycles. The maximum atomic E-state index is 13.0. The third kappa shape index (κ3) is 4.02. The van der Waals surface area contributed by atoms with Crippen LogP contribution in [0.4, 0.5) is 0 Å². The van der Waals surface area contributed by atoms with Crippen molar-refractivity contribution in [1.82, 2.24) is 0 Å². The maximum Gasteiger partial charge on any atom is 0.324 e. The Kier molecular flexibility index (Phi) is 6.32. The lowest BCUT2D eigenvalue weighted by Crippen LogP contribution is -2.45. The van der Waals surface area contributed by atoms with Gasteiger partial charge in [0.25, 0.3) is 0 Å². The number of hydrogen-bond donors (Lipinski definition) is 0. The van der Waals surface area contributed by atoms with Gasteiger partial charge in [0.15, 0.2) is 5.41 Å². The number of esters is 2. The summed E-state index contributed by atoms with van der Waals surface area (Å²) in [6.07, 6.45) is 5.90. The molecule has 0 bridgehead atoms. The number of benzene rings is 2. The van der Waals surface area contributed by atoms with Gasteiger partial charge in [0, 0.05) is 5.92 Å². The number of fused-ring (bicyclic) bond motifs is 1. The van der Waals surface area contributed by atoms with E-state index in [9.17, 15) is 9.59 Å². The zero-order chi connectivity index (χ0) is 20.9. The summed E-state index contributed by atoms with van der Waals surface area (Å²) in [5.41, 5.74) is 2.42. The zero-order valence-corrected chi connectivity index (χ0v) is 17.1. The van der Waals surface area contributed by atoms with Crippen molar-refractivity contribution < 1.29 is 19.1 Å². The van der Waals surface area contributed by atoms with Crippen LogP contribution in [0.15, 0.2) is 60.7 Å². The number of carbonyl (C=O) groups excluding carboxylic acids is 2. The van der Waals surface area contributed by atoms with E-state index in [1.165, 1.54) is 0 Å². The molecule has 1 atom stereocenters. The number of ether oxygens (including phenoxy) is 2. The van der Waals surface area contributed by atoms with Gasteiger partial charge < -0.3 is 9.47 Å². The fraction of sp³-hybridized carbons (Fsp3) is 0.280. The zero-order valence-electron chi connectivity index (χ0n) is 17.1. The second-order valence-electron chi connectivity index (χ2n) is 7.08. The fourth-order valence-corrected chi connectivity index (χ4v) is 3.68. The number of carbonyl (C=O) groups is 2. The van der Waals surface area contributed by atoms with Crippen LogP contribution in [0.25, 0.3) is 17.7 Å². The lowest BCUT2D eigenvalue weighted by Gasteiger charge is -2.35. The summed E-state index contributed by atoms with van der Waals surface area (Å²) in [4.78, 5) is 26.0. The predicted octanol–water partition coefficient (Wildman–Crippen LogP) is 5.00. The molecule has 0 amide bonds. The first-order valence-corrected chi connectivity index (χ1v) is 9.91. The van der Waals surface area contributed by atoms with Crippen molar-refractivity contribution in [2.75, 3.05) is 13.2 Å². The third-order valence-electron chi connectivity index (χ3n) is 5.22. The molecule has 1 aliphatic rings. The van der Waals surface area contributed by atoms with Gasteiger partial charge in [-0.15, -0.1) is 0 Å². The van der Waals surface area contributed by atoms with Crippen LogP contribution in [-0.4, -0.2) is 25.2 Å². The lowest BCUT2D eigenvalue weighted by atomic mass is 9.68. The normalized spacial score (nSPS) is 16.9. The van der Waals surface area contributed by atoms with Gasteiger partial charge in [-0.3, -0.25) is 9.59 Å². The van der Waals surface area contributed by atoms with Gasteiger partial charge >= 0.3 is 11.9 Å². The first-order chi connectivity index (χ1) is 14.0. The van der Waals surface area contributed by atoms with Crippen LogP contribution in [0.1, 0.15) is 37.5 Å². The Morgan fingerprint density at radius 1 is 0.931 bits per heavy atom. The minimum atomic E-state index is -1.49. The van der Waals surface area contributed by atoms with Gasteiger partial charge in [-0.05, 0) is 43.0 Å². The molecule has 150 valence electrons. The molecule has 0 aliphatic heterocycles. The van der Waals surface area contributed by atoms with Crippen molar-refractivity contribution >= 4 is 29.7 Å². The standard InChI is InChI=1S/C25H26O4/c1-4-28-23(26)25(3,24(27)29-5-2)22-16-15-19-13-9-10-14-20(19)21(22)17-18-11-7-6-8-12-18/h6-17,22H,4-5H2,1-3H3/b21-17-. The Hall–Kier alpha value is -3.14. The van der Waals surface area contributed by atoms with Crippen molar-refractivity contribution in [1.29, 1.82) is 0 Å². The summed E-state index contributed by atoms with van der Waals surface area (Å²) in [7, 11) is 0. The lowest BCUT2D eigenvalue weighted by molar-refractivity contribution is -0.172. The number of allylic oxidation sites excluding steroid dienone is 2. The Labute approximate surface area is 171 Å². The molecule has 3 rings (SSSR count). The monoisotopic (exact) mass is 390 g/mol. The van der Waals surface area contributed by atoms with Gasteiger partial charge in [-0.1, -0.05) is 72.8 Å². The van der Waals surface area contributed by atoms with Crippen LogP contribution in [0.5, 0.6) is 0 Å². The highest BCUT2D eigenvalue weighted by molar-refractivity contribution is 6.05. The summed E-state index contributed by atoms with van der Waals surface area (Å²) in [6.45, 7) is 5.47. The second-order valence-corrected chi connectivity index (χ2v) is 7.08. The molecule has 0 N–H and O–H groups in total. The van der Waals surface area contributed by atoms with Crippen LogP contribution >= 0.6 is 0 Å². The van der Waals surface area contributed by atoms with E-state index in [0.717, 1.165) is 22.3 Å². The second kappa shape index (κ2) is 8.91. The Morgan fingerprint density at radius 3 is 2.14 bits per heavy atom. The fourth-order valence-electron chi connectivity index (χ4n) is 3.68. The highest BCUT2D eigenvalue weighted by atomic mass is 16.6. The van der Waals surface area contributed by atoms with Gasteiger partial charge in [-0.25, -0.2) is 0 Å². The summed E-state index contributed by atoms with van der Waals surface area (Å²) in [5.74, 6) is -1.67. The molecule has 0 radical (unpaired) electrons. The summed E-state index contributed by atoms with van der Waals surface area (Å²) < 4.78 is 10.6. The van der Waals surface area contributed by atoms with E-state index in [1.54, 1.807) is 20.8 Å². The smallest absolute Gasteiger partial charge is 0.324 e. The molecule has 4 heteroatoms. The largest absolute Gasteiger partial charge is 0.465 e. The molecule has 0 fully saturated rings. The summed E-state index contributed by atoms with van der Waals surface area (Å²) >= 11 is 0. The summed E-state index contributed by atoms with van der Waals surface area (Å²) in [5, 5.41) is 0. The molecule has 29 heavy (non-hydrogen) atoms. The van der Waals surface area contributed by atoms with Crippen LogP contribution in [-0.2, 0) is 19.1 Å². The number of rotatable bonds is 6. The highest BCUT2D eigenvalue weighted by Gasteiger charge is 2.52. The Morgan fingerprint density at radius 2 is 1.52 bits per heavy atom. The van der Waals surface area contributed by atoms with E-state index in [2.05, 4.69) is 0 Å². The molecule has 1 unspecified atom stereocenters. The van der Waals surface area contributed by atoms with Crippen LogP contribution < -0.4 is 0 Å². The van der Waals surface area contributed by atoms with Crippen LogP contribution in [0.3, 0.4) is 0 Å². The van der Waals surface area contributed by atoms with E-state index in [-0.39, 0.29) is 13.2 Å². The topological polar surface area (TPSA) is 52.6 Å². The van der Waals surface area contributed by atoms with Gasteiger partial charge in [0.2, 0.25) is 0 Å². The number of hydrogen-bond acceptors (Lipinski definition) is 4. The third-order valence-corrected chi connectivity index (χ3v) is 5.22. The maximum absolute atomic E-state index is 13.0. The molecular formula is C25H26O4. The van der Waals surface area contributed by atoms with Gasteiger partial charge in [0.1, 0.15) is 0 Å². The van der Waals surface area contributed by atoms with Crippen LogP contribution in [0.2, 0.25) is 0 Å². The average molecular weight is 390 g/mol. The van der Waals surface area contributed by atoms with Crippen LogP contribution in [0, 0.1) is 11.3 Å². The first-order valence-electron chi connectivity index (χ1n) is 9.91. The molecular weight excluding hydrogens is 364 g/mol. The van der Waals surface area contributed by atoms with E-state index >= 15 is 0 Å². The van der Waals surface area contributed by atoms with Crippen molar-refractivity contribution in [2.45, 2.75) is 20.8 Å². The van der Waals surface area contributed by atoms with Gasteiger partial charge in [-0.2, -0.15) is 0 Å². The van der Waals surface area contributed by atoms with Gasteiger partial charge in [0.05, 0.1) is 13.2 Å².